The molecule has 1 amide bonds. The van der Waals surface area contributed by atoms with Crippen molar-refractivity contribution in [3.05, 3.63) is 70.2 Å². The van der Waals surface area contributed by atoms with Gasteiger partial charge in [-0.1, -0.05) is 48.0 Å². The van der Waals surface area contributed by atoms with Crippen LogP contribution in [0, 0.1) is 0 Å². The highest BCUT2D eigenvalue weighted by molar-refractivity contribution is 6.30. The van der Waals surface area contributed by atoms with Crippen molar-refractivity contribution < 1.29 is 9.53 Å². The first-order valence-corrected chi connectivity index (χ1v) is 11.0. The van der Waals surface area contributed by atoms with Crippen molar-refractivity contribution in [2.75, 3.05) is 32.8 Å². The number of aryl methyl sites for hydroxylation is 1. The molecule has 0 radical (unpaired) electrons. The number of hydrogen-bond donors (Lipinski definition) is 1. The molecule has 0 bridgehead atoms. The highest BCUT2D eigenvalue weighted by Gasteiger charge is 2.25. The summed E-state index contributed by atoms with van der Waals surface area (Å²) in [5.41, 5.74) is 3.94. The Labute approximate surface area is 178 Å². The Morgan fingerprint density at radius 3 is 2.69 bits per heavy atom. The summed E-state index contributed by atoms with van der Waals surface area (Å²) in [7, 11) is 0. The number of nitrogens with zero attached hydrogens (tertiary/aromatic N) is 1. The quantitative estimate of drug-likeness (QED) is 0.767. The number of carbonyl (C=O) groups excluding carboxylic acids is 1. The molecule has 4 nitrogen and oxygen atoms in total. The molecule has 0 aromatic heterocycles. The number of nitrogens with one attached hydrogen (secondary N) is 1. The second-order valence-electron chi connectivity index (χ2n) is 8.01. The second kappa shape index (κ2) is 9.75. The van der Waals surface area contributed by atoms with E-state index in [-0.39, 0.29) is 11.9 Å². The van der Waals surface area contributed by atoms with Gasteiger partial charge in [0.2, 0.25) is 5.91 Å². The van der Waals surface area contributed by atoms with Crippen LogP contribution in [0.2, 0.25) is 5.02 Å². The van der Waals surface area contributed by atoms with Crippen LogP contribution in [-0.4, -0.2) is 43.7 Å². The standard InChI is InChI=1S/C24H29ClN2O2/c25-21-10-8-19(9-11-21)23(27-12-14-29-15-13-27)17-26-24(28)16-20-6-3-5-18-4-1-2-7-22(18)20/h1-2,4,7-11,20,23H,3,5-6,12-17H2,(H,26,28). The molecule has 1 saturated heterocycles. The van der Waals surface area contributed by atoms with E-state index in [0.29, 0.717) is 18.9 Å². The van der Waals surface area contributed by atoms with Gasteiger partial charge in [-0.3, -0.25) is 9.69 Å². The number of benzene rings is 2. The van der Waals surface area contributed by atoms with Crippen LogP contribution in [0.15, 0.2) is 48.5 Å². The summed E-state index contributed by atoms with van der Waals surface area (Å²) in [5.74, 6) is 0.469. The molecule has 0 saturated carbocycles. The maximum absolute atomic E-state index is 12.8. The largest absolute Gasteiger partial charge is 0.379 e. The van der Waals surface area contributed by atoms with E-state index >= 15 is 0 Å². The Bertz CT molecular complexity index is 818. The molecule has 1 aliphatic carbocycles. The molecule has 1 fully saturated rings. The van der Waals surface area contributed by atoms with Crippen LogP contribution in [0.25, 0.3) is 0 Å². The lowest BCUT2D eigenvalue weighted by Crippen LogP contribution is -2.44. The number of morpholine rings is 1. The summed E-state index contributed by atoms with van der Waals surface area (Å²) in [4.78, 5) is 15.2. The lowest BCUT2D eigenvalue weighted by atomic mass is 9.81. The van der Waals surface area contributed by atoms with Crippen LogP contribution in [0.1, 0.15) is 47.9 Å². The number of fused-ring (bicyclic) bond motifs is 1. The van der Waals surface area contributed by atoms with Gasteiger partial charge >= 0.3 is 0 Å². The summed E-state index contributed by atoms with van der Waals surface area (Å²) in [6.07, 6.45) is 3.95. The molecule has 4 rings (SSSR count). The lowest BCUT2D eigenvalue weighted by Gasteiger charge is -2.35. The van der Waals surface area contributed by atoms with Gasteiger partial charge in [-0.2, -0.15) is 0 Å². The highest BCUT2D eigenvalue weighted by atomic mass is 35.5. The summed E-state index contributed by atoms with van der Waals surface area (Å²) in [5, 5.41) is 3.95. The summed E-state index contributed by atoms with van der Waals surface area (Å²) >= 11 is 6.08. The minimum atomic E-state index is 0.138. The van der Waals surface area contributed by atoms with Crippen molar-refractivity contribution in [1.29, 1.82) is 0 Å². The van der Waals surface area contributed by atoms with E-state index in [1.165, 1.54) is 16.7 Å². The second-order valence-corrected chi connectivity index (χ2v) is 8.45. The van der Waals surface area contributed by atoms with E-state index in [2.05, 4.69) is 46.6 Å². The van der Waals surface area contributed by atoms with E-state index < -0.39 is 0 Å². The Morgan fingerprint density at radius 1 is 1.14 bits per heavy atom. The average Bonchev–Trinajstić information content (AvgIpc) is 2.76. The zero-order valence-electron chi connectivity index (χ0n) is 16.8. The van der Waals surface area contributed by atoms with Crippen LogP contribution in [0.4, 0.5) is 0 Å². The normalized spacial score (nSPS) is 20.7. The van der Waals surface area contributed by atoms with Crippen molar-refractivity contribution in [2.24, 2.45) is 0 Å². The third-order valence-electron chi connectivity index (χ3n) is 6.16. The molecule has 154 valence electrons. The molecule has 2 aromatic rings. The molecule has 1 N–H and O–H groups in total. The first-order chi connectivity index (χ1) is 14.2. The molecule has 0 spiro atoms. The Balaban J connectivity index is 1.40. The third-order valence-corrected chi connectivity index (χ3v) is 6.41. The molecule has 2 aliphatic rings. The van der Waals surface area contributed by atoms with Gasteiger partial charge in [-0.05, 0) is 54.0 Å². The molecule has 1 aliphatic heterocycles. The van der Waals surface area contributed by atoms with Gasteiger partial charge in [0.15, 0.2) is 0 Å². The van der Waals surface area contributed by atoms with Crippen LogP contribution in [0.5, 0.6) is 0 Å². The summed E-state index contributed by atoms with van der Waals surface area (Å²) < 4.78 is 5.51. The molecule has 1 heterocycles. The lowest BCUT2D eigenvalue weighted by molar-refractivity contribution is -0.121. The van der Waals surface area contributed by atoms with E-state index in [4.69, 9.17) is 16.3 Å². The SMILES string of the molecule is O=C(CC1CCCc2ccccc21)NCC(c1ccc(Cl)cc1)N1CCOCC1. The summed E-state index contributed by atoms with van der Waals surface area (Å²) in [6.45, 7) is 3.82. The monoisotopic (exact) mass is 412 g/mol. The predicted octanol–water partition coefficient (Wildman–Crippen LogP) is 4.34. The molecular weight excluding hydrogens is 384 g/mol. The van der Waals surface area contributed by atoms with Crippen LogP contribution in [-0.2, 0) is 16.0 Å². The number of carbonyl (C=O) groups is 1. The zero-order valence-corrected chi connectivity index (χ0v) is 17.5. The maximum Gasteiger partial charge on any atom is 0.220 e. The van der Waals surface area contributed by atoms with Gasteiger partial charge in [-0.15, -0.1) is 0 Å². The molecule has 2 unspecified atom stereocenters. The first kappa shape index (κ1) is 20.4. The fraction of sp³-hybridized carbons (Fsp3) is 0.458. The number of hydrogen-bond acceptors (Lipinski definition) is 3. The van der Waals surface area contributed by atoms with Crippen LogP contribution in [0.3, 0.4) is 0 Å². The van der Waals surface area contributed by atoms with Crippen LogP contribution >= 0.6 is 11.6 Å². The van der Waals surface area contributed by atoms with Gasteiger partial charge in [0.1, 0.15) is 0 Å². The number of amides is 1. The summed E-state index contributed by atoms with van der Waals surface area (Å²) in [6, 6.07) is 16.7. The van der Waals surface area contributed by atoms with Crippen molar-refractivity contribution in [1.82, 2.24) is 10.2 Å². The smallest absolute Gasteiger partial charge is 0.220 e. The Hall–Kier alpha value is -1.88. The molecule has 5 heteroatoms. The van der Waals surface area contributed by atoms with Gasteiger partial charge in [0.05, 0.1) is 19.3 Å². The molecule has 2 aromatic carbocycles. The first-order valence-electron chi connectivity index (χ1n) is 10.6. The van der Waals surface area contributed by atoms with E-state index in [0.717, 1.165) is 50.6 Å². The number of ether oxygens (including phenoxy) is 1. The van der Waals surface area contributed by atoms with Crippen molar-refractivity contribution >= 4 is 17.5 Å². The van der Waals surface area contributed by atoms with Gasteiger partial charge < -0.3 is 10.1 Å². The predicted molar refractivity (Wildman–Crippen MR) is 116 cm³/mol. The highest BCUT2D eigenvalue weighted by Crippen LogP contribution is 2.33. The van der Waals surface area contributed by atoms with E-state index in [1.807, 2.05) is 12.1 Å². The van der Waals surface area contributed by atoms with Crippen LogP contribution < -0.4 is 5.32 Å². The molecule has 29 heavy (non-hydrogen) atoms. The van der Waals surface area contributed by atoms with Gasteiger partial charge in [0, 0.05) is 31.1 Å². The van der Waals surface area contributed by atoms with Gasteiger partial charge in [-0.25, -0.2) is 0 Å². The van der Waals surface area contributed by atoms with E-state index in [9.17, 15) is 4.79 Å². The molecule has 2 atom stereocenters. The van der Waals surface area contributed by atoms with Crippen molar-refractivity contribution in [3.8, 4) is 0 Å². The fourth-order valence-electron chi connectivity index (χ4n) is 4.60. The van der Waals surface area contributed by atoms with E-state index in [1.54, 1.807) is 0 Å². The minimum Gasteiger partial charge on any atom is -0.379 e. The number of rotatable bonds is 6. The van der Waals surface area contributed by atoms with Crippen molar-refractivity contribution in [3.63, 3.8) is 0 Å². The van der Waals surface area contributed by atoms with Crippen molar-refractivity contribution in [2.45, 2.75) is 37.6 Å². The minimum absolute atomic E-state index is 0.138. The topological polar surface area (TPSA) is 41.6 Å². The Morgan fingerprint density at radius 2 is 1.90 bits per heavy atom. The fourth-order valence-corrected chi connectivity index (χ4v) is 4.73. The zero-order chi connectivity index (χ0) is 20.1. The Kier molecular flexibility index (Phi) is 6.86. The number of halogens is 1. The average molecular weight is 413 g/mol. The third kappa shape index (κ3) is 5.19. The van der Waals surface area contributed by atoms with Gasteiger partial charge in [0.25, 0.3) is 0 Å². The molecular formula is C24H29ClN2O2. The maximum atomic E-state index is 12.8.